The van der Waals surface area contributed by atoms with Crippen molar-refractivity contribution in [1.82, 2.24) is 19.5 Å². The van der Waals surface area contributed by atoms with Crippen LogP contribution in [0.4, 0.5) is 5.82 Å². The summed E-state index contributed by atoms with van der Waals surface area (Å²) in [5.74, 6) is -0.239. The molecule has 2 heterocycles. The number of aliphatic carboxylic acids is 1. The van der Waals surface area contributed by atoms with Gasteiger partial charge in [0.1, 0.15) is 11.8 Å². The number of carboxylic acid groups (broad SMARTS) is 1. The first-order valence-electron chi connectivity index (χ1n) is 5.89. The monoisotopic (exact) mass is 247 g/mol. The van der Waals surface area contributed by atoms with Gasteiger partial charge in [-0.15, -0.1) is 0 Å². The molecule has 0 amide bonds. The summed E-state index contributed by atoms with van der Waals surface area (Å²) < 4.78 is 2.05. The van der Waals surface area contributed by atoms with E-state index in [1.807, 2.05) is 0 Å². The van der Waals surface area contributed by atoms with E-state index in [0.29, 0.717) is 23.9 Å². The third-order valence-corrected chi connectivity index (χ3v) is 2.93. The maximum atomic E-state index is 10.5. The summed E-state index contributed by atoms with van der Waals surface area (Å²) in [6.07, 6.45) is 5.63. The zero-order chi connectivity index (χ0) is 12.5. The number of anilines is 1. The molecule has 0 atom stereocenters. The van der Waals surface area contributed by atoms with Crippen molar-refractivity contribution in [3.05, 3.63) is 12.7 Å². The summed E-state index contributed by atoms with van der Waals surface area (Å²) in [5.41, 5.74) is 1.51. The van der Waals surface area contributed by atoms with Crippen LogP contribution in [0.15, 0.2) is 12.7 Å². The fourth-order valence-corrected chi connectivity index (χ4v) is 1.89. The second kappa shape index (κ2) is 4.25. The molecular weight excluding hydrogens is 234 g/mol. The van der Waals surface area contributed by atoms with E-state index in [2.05, 4.69) is 24.8 Å². The maximum absolute atomic E-state index is 10.5. The van der Waals surface area contributed by atoms with Crippen molar-refractivity contribution in [3.63, 3.8) is 0 Å². The maximum Gasteiger partial charge on any atom is 0.305 e. The van der Waals surface area contributed by atoms with Crippen molar-refractivity contribution in [2.75, 3.05) is 11.9 Å². The molecule has 2 N–H and O–H groups in total. The zero-order valence-corrected chi connectivity index (χ0v) is 9.70. The van der Waals surface area contributed by atoms with E-state index in [4.69, 9.17) is 5.11 Å². The third-order valence-electron chi connectivity index (χ3n) is 2.93. The number of aromatic nitrogens is 4. The average Bonchev–Trinajstić information content (AvgIpc) is 3.09. The lowest BCUT2D eigenvalue weighted by Crippen LogP contribution is -2.09. The van der Waals surface area contributed by atoms with Gasteiger partial charge in [-0.05, 0) is 12.8 Å². The van der Waals surface area contributed by atoms with Gasteiger partial charge >= 0.3 is 5.97 Å². The van der Waals surface area contributed by atoms with Gasteiger partial charge in [-0.2, -0.15) is 0 Å². The fourth-order valence-electron chi connectivity index (χ4n) is 1.89. The average molecular weight is 247 g/mol. The number of hydrogen-bond acceptors (Lipinski definition) is 5. The number of carboxylic acids is 1. The Bertz CT molecular complexity index is 590. The zero-order valence-electron chi connectivity index (χ0n) is 9.70. The summed E-state index contributed by atoms with van der Waals surface area (Å²) in [4.78, 5) is 23.1. The van der Waals surface area contributed by atoms with E-state index < -0.39 is 5.97 Å². The number of rotatable bonds is 5. The first-order valence-corrected chi connectivity index (χ1v) is 5.89. The Morgan fingerprint density at radius 2 is 2.28 bits per heavy atom. The van der Waals surface area contributed by atoms with E-state index in [1.165, 1.54) is 6.33 Å². The molecule has 0 saturated heterocycles. The van der Waals surface area contributed by atoms with E-state index in [-0.39, 0.29) is 6.42 Å². The molecule has 2 aromatic heterocycles. The smallest absolute Gasteiger partial charge is 0.305 e. The molecule has 1 saturated carbocycles. The second-order valence-corrected chi connectivity index (χ2v) is 4.35. The van der Waals surface area contributed by atoms with E-state index >= 15 is 0 Å². The summed E-state index contributed by atoms with van der Waals surface area (Å²) in [6.45, 7) is 0.331. The van der Waals surface area contributed by atoms with E-state index in [9.17, 15) is 4.79 Å². The molecule has 1 aliphatic carbocycles. The first kappa shape index (κ1) is 10.9. The molecule has 18 heavy (non-hydrogen) atoms. The molecule has 0 unspecified atom stereocenters. The standard InChI is InChI=1S/C11H13N5O2/c17-8(18)3-4-12-10-9-11(14-5-13-10)16(6-15-9)7-1-2-7/h5-7H,1-4H2,(H,17,18)(H,12,13,14). The Labute approximate surface area is 103 Å². The molecule has 0 bridgehead atoms. The van der Waals surface area contributed by atoms with Gasteiger partial charge in [0.25, 0.3) is 0 Å². The highest BCUT2D eigenvalue weighted by atomic mass is 16.4. The molecule has 3 rings (SSSR count). The second-order valence-electron chi connectivity index (χ2n) is 4.35. The molecule has 94 valence electrons. The number of hydrogen-bond donors (Lipinski definition) is 2. The van der Waals surface area contributed by atoms with Crippen LogP contribution in [0.2, 0.25) is 0 Å². The van der Waals surface area contributed by atoms with Crippen molar-refractivity contribution in [2.45, 2.75) is 25.3 Å². The minimum absolute atomic E-state index is 0.0504. The van der Waals surface area contributed by atoms with Crippen LogP contribution >= 0.6 is 0 Å². The third kappa shape index (κ3) is 1.99. The Morgan fingerprint density at radius 1 is 1.44 bits per heavy atom. The first-order chi connectivity index (χ1) is 8.75. The molecule has 0 aromatic carbocycles. The molecule has 0 spiro atoms. The number of imidazole rings is 1. The normalized spacial score (nSPS) is 14.9. The van der Waals surface area contributed by atoms with Gasteiger partial charge in [-0.1, -0.05) is 0 Å². The van der Waals surface area contributed by atoms with Crippen LogP contribution in [0, 0.1) is 0 Å². The van der Waals surface area contributed by atoms with Crippen LogP contribution in [0.25, 0.3) is 11.2 Å². The predicted octanol–water partition coefficient (Wildman–Crippen LogP) is 1.05. The van der Waals surface area contributed by atoms with Crippen molar-refractivity contribution in [1.29, 1.82) is 0 Å². The molecule has 2 aromatic rings. The Kier molecular flexibility index (Phi) is 2.58. The van der Waals surface area contributed by atoms with Crippen LogP contribution < -0.4 is 5.32 Å². The van der Waals surface area contributed by atoms with Gasteiger partial charge in [0.2, 0.25) is 0 Å². The Balaban J connectivity index is 1.85. The SMILES string of the molecule is O=C(O)CCNc1ncnc2c1ncn2C1CC1. The molecule has 1 aliphatic rings. The summed E-state index contributed by atoms with van der Waals surface area (Å²) in [6, 6.07) is 0.511. The largest absolute Gasteiger partial charge is 0.481 e. The highest BCUT2D eigenvalue weighted by Gasteiger charge is 2.26. The molecule has 0 radical (unpaired) electrons. The van der Waals surface area contributed by atoms with Crippen LogP contribution in [0.3, 0.4) is 0 Å². The molecule has 0 aliphatic heterocycles. The minimum Gasteiger partial charge on any atom is -0.481 e. The predicted molar refractivity (Wildman–Crippen MR) is 64.3 cm³/mol. The summed E-state index contributed by atoms with van der Waals surface area (Å²) in [5, 5.41) is 11.6. The van der Waals surface area contributed by atoms with Gasteiger partial charge in [-0.25, -0.2) is 15.0 Å². The molecule has 1 fully saturated rings. The Morgan fingerprint density at radius 3 is 3.00 bits per heavy atom. The quantitative estimate of drug-likeness (QED) is 0.820. The summed E-state index contributed by atoms with van der Waals surface area (Å²) in [7, 11) is 0. The van der Waals surface area contributed by atoms with E-state index in [0.717, 1.165) is 18.5 Å². The Hall–Kier alpha value is -2.18. The van der Waals surface area contributed by atoms with Crippen molar-refractivity contribution in [3.8, 4) is 0 Å². The number of nitrogens with zero attached hydrogens (tertiary/aromatic N) is 4. The highest BCUT2D eigenvalue weighted by molar-refractivity contribution is 5.83. The van der Waals surface area contributed by atoms with E-state index in [1.54, 1.807) is 6.33 Å². The molecular formula is C11H13N5O2. The van der Waals surface area contributed by atoms with Gasteiger partial charge in [0.15, 0.2) is 11.5 Å². The highest BCUT2D eigenvalue weighted by Crippen LogP contribution is 2.37. The van der Waals surface area contributed by atoms with Crippen LogP contribution in [-0.4, -0.2) is 37.1 Å². The van der Waals surface area contributed by atoms with Gasteiger partial charge < -0.3 is 15.0 Å². The fraction of sp³-hybridized carbons (Fsp3) is 0.455. The van der Waals surface area contributed by atoms with Gasteiger partial charge in [-0.3, -0.25) is 4.79 Å². The van der Waals surface area contributed by atoms with Crippen molar-refractivity contribution in [2.24, 2.45) is 0 Å². The molecule has 7 nitrogen and oxygen atoms in total. The van der Waals surface area contributed by atoms with Gasteiger partial charge in [0, 0.05) is 12.6 Å². The molecule has 7 heteroatoms. The van der Waals surface area contributed by atoms with Crippen LogP contribution in [0.5, 0.6) is 0 Å². The lowest BCUT2D eigenvalue weighted by Gasteiger charge is -2.04. The lowest BCUT2D eigenvalue weighted by molar-refractivity contribution is -0.136. The summed E-state index contributed by atoms with van der Waals surface area (Å²) >= 11 is 0. The number of carbonyl (C=O) groups is 1. The number of fused-ring (bicyclic) bond motifs is 1. The van der Waals surface area contributed by atoms with Crippen LogP contribution in [-0.2, 0) is 4.79 Å². The van der Waals surface area contributed by atoms with Crippen molar-refractivity contribution < 1.29 is 9.90 Å². The number of nitrogens with one attached hydrogen (secondary N) is 1. The van der Waals surface area contributed by atoms with Crippen molar-refractivity contribution >= 4 is 23.0 Å². The lowest BCUT2D eigenvalue weighted by atomic mass is 10.4. The van der Waals surface area contributed by atoms with Gasteiger partial charge in [0.05, 0.1) is 12.7 Å². The van der Waals surface area contributed by atoms with Crippen LogP contribution in [0.1, 0.15) is 25.3 Å². The topological polar surface area (TPSA) is 92.9 Å². The minimum atomic E-state index is -0.837.